The standard InChI is InChI=1S/C77H151N8O13/c1-23-26-59-81(64(4)54-49-46-48-52-57-79-65(86)55-50-45-43-41-39-37-35-33-31-29-28-30-32-34-36-38-40-42-44-47-51-56-78)82(67(88)94-73(8,9)10)60-53-58-80(66(87)93-72(5,6)7)63-84(62-27-24-2,70(91)97-76(17,18)19)85(61-25-3,71(92)98-77(20,21)22)83(68(89)95-74(11,12)13)69(90)96-75(14,15)16/h64H,23-63,78H2,1-22H3/q+1/p+1. The van der Waals surface area contributed by atoms with E-state index in [0.29, 0.717) is 30.9 Å². The molecule has 0 aliphatic rings. The lowest BCUT2D eigenvalue weighted by Crippen LogP contribution is -2.86. The Hall–Kier alpha value is -4.47. The molecule has 576 valence electrons. The van der Waals surface area contributed by atoms with Gasteiger partial charge in [-0.3, -0.25) is 9.69 Å². The topological polar surface area (TPSA) is 226 Å². The number of hydrogen-bond donors (Lipinski definition) is 2. The van der Waals surface area contributed by atoms with E-state index >= 15 is 24.0 Å². The molecule has 3 N–H and O–H groups in total. The molecule has 98 heavy (non-hydrogen) atoms. The first-order chi connectivity index (χ1) is 45.6. The van der Waals surface area contributed by atoms with Crippen molar-refractivity contribution in [2.24, 2.45) is 5.73 Å². The number of carbonyl (C=O) groups is 7. The second-order valence-corrected chi connectivity index (χ2v) is 33.4. The van der Waals surface area contributed by atoms with Crippen LogP contribution in [0.2, 0.25) is 0 Å². The minimum absolute atomic E-state index is 0.0460. The molecule has 0 aromatic carbocycles. The third kappa shape index (κ3) is 41.4. The third-order valence-electron chi connectivity index (χ3n) is 16.4. The molecule has 0 bridgehead atoms. The van der Waals surface area contributed by atoms with Gasteiger partial charge >= 0.3 is 36.6 Å². The molecule has 0 rings (SSSR count). The predicted octanol–water partition coefficient (Wildman–Crippen LogP) is 20.5. The molecular weight excluding hydrogens is 1240 g/mol. The second kappa shape index (κ2) is 47.7. The first kappa shape index (κ1) is 93.5. The molecule has 21 heteroatoms. The first-order valence-corrected chi connectivity index (χ1v) is 38.8. The average Bonchev–Trinajstić information content (AvgIpc) is 0.711. The Morgan fingerprint density at radius 2 is 0.765 bits per heavy atom. The lowest BCUT2D eigenvalue weighted by atomic mass is 10.0. The summed E-state index contributed by atoms with van der Waals surface area (Å²) in [5.74, 6) is 0.122. The summed E-state index contributed by atoms with van der Waals surface area (Å²) in [6, 6.07) is -0.120. The number of carbonyl (C=O) groups excluding carboxylic acids is 7. The quantitative estimate of drug-likeness (QED) is 0.0190. The number of rotatable bonds is 46. The zero-order chi connectivity index (χ0) is 74.9. The molecule has 3 atom stereocenters. The summed E-state index contributed by atoms with van der Waals surface area (Å²) in [4.78, 5) is 106. The van der Waals surface area contributed by atoms with Gasteiger partial charge in [-0.15, -0.1) is 0 Å². The number of hydrazine groups is 1. The zero-order valence-corrected chi connectivity index (χ0v) is 67.1. The van der Waals surface area contributed by atoms with Gasteiger partial charge in [-0.1, -0.05) is 175 Å². The highest BCUT2D eigenvalue weighted by Crippen LogP contribution is 2.38. The van der Waals surface area contributed by atoms with Crippen LogP contribution in [0.1, 0.15) is 364 Å². The summed E-state index contributed by atoms with van der Waals surface area (Å²) < 4.78 is 34.2. The van der Waals surface area contributed by atoms with Crippen LogP contribution in [0.3, 0.4) is 0 Å². The van der Waals surface area contributed by atoms with Crippen molar-refractivity contribution in [3.8, 4) is 0 Å². The van der Waals surface area contributed by atoms with Crippen LogP contribution in [0.25, 0.3) is 0 Å². The van der Waals surface area contributed by atoms with Crippen molar-refractivity contribution in [1.29, 1.82) is 0 Å². The number of hydrogen-bond acceptors (Lipinski definition) is 15. The van der Waals surface area contributed by atoms with Crippen molar-refractivity contribution in [3.05, 3.63) is 0 Å². The van der Waals surface area contributed by atoms with Gasteiger partial charge in [0.25, 0.3) is 0 Å². The second-order valence-electron chi connectivity index (χ2n) is 33.4. The van der Waals surface area contributed by atoms with E-state index < -0.39 is 92.7 Å². The average molecular weight is 1400 g/mol. The fourth-order valence-corrected chi connectivity index (χ4v) is 11.7. The molecule has 0 heterocycles. The van der Waals surface area contributed by atoms with Gasteiger partial charge in [0.05, 0.1) is 4.70 Å². The SMILES string of the molecule is CCCCN(C(C)CCCCCCNC(=O)CCCCCCCCCCCCCCCCCCCCCCCN)N(CCCN(C[N+](CCCC)(C(=O)OC(C)(C)C)[N+](CCC)(C(=O)OC(C)(C)C)N(C(=O)OC(C)(C)C)C(=O)OC(C)(C)C)C(=O)OC(C)(C)C)C(=O)OC(C)(C)C. The maximum Gasteiger partial charge on any atom is 0.594 e. The molecule has 0 aromatic rings. The molecule has 0 radical (unpaired) electrons. The summed E-state index contributed by atoms with van der Waals surface area (Å²) in [6.45, 7) is 38.3. The Morgan fingerprint density at radius 3 is 1.17 bits per heavy atom. The van der Waals surface area contributed by atoms with Crippen LogP contribution in [0.5, 0.6) is 0 Å². The largest absolute Gasteiger partial charge is 0.594 e. The van der Waals surface area contributed by atoms with E-state index in [4.69, 9.17) is 34.2 Å². The molecule has 0 saturated carbocycles. The minimum Gasteiger partial charge on any atom is -0.444 e. The Bertz CT molecular complexity index is 2200. The summed E-state index contributed by atoms with van der Waals surface area (Å²) >= 11 is 0. The van der Waals surface area contributed by atoms with Gasteiger partial charge in [0.1, 0.15) is 40.2 Å². The van der Waals surface area contributed by atoms with Crippen molar-refractivity contribution in [2.45, 2.75) is 404 Å². The van der Waals surface area contributed by atoms with E-state index in [1.165, 1.54) is 127 Å². The van der Waals surface area contributed by atoms with Gasteiger partial charge < -0.3 is 39.5 Å². The van der Waals surface area contributed by atoms with E-state index in [2.05, 4.69) is 24.2 Å². The van der Waals surface area contributed by atoms with Crippen LogP contribution in [0, 0.1) is 0 Å². The highest BCUT2D eigenvalue weighted by Gasteiger charge is 2.74. The fraction of sp³-hybridized carbons (Fsp3) is 0.909. The van der Waals surface area contributed by atoms with Crippen LogP contribution in [-0.4, -0.2) is 164 Å². The first-order valence-electron chi connectivity index (χ1n) is 38.8. The van der Waals surface area contributed by atoms with Crippen molar-refractivity contribution < 1.29 is 71.3 Å². The van der Waals surface area contributed by atoms with Gasteiger partial charge in [-0.25, -0.2) is 29.2 Å². The van der Waals surface area contributed by atoms with E-state index in [1.807, 2.05) is 27.7 Å². The van der Waals surface area contributed by atoms with Crippen molar-refractivity contribution >= 4 is 42.5 Å². The number of quaternary nitrogens is 2. The lowest BCUT2D eigenvalue weighted by molar-refractivity contribution is -1.46. The maximum atomic E-state index is 16.1. The molecule has 0 aliphatic heterocycles. The monoisotopic (exact) mass is 1400 g/mol. The van der Waals surface area contributed by atoms with Crippen molar-refractivity contribution in [2.75, 3.05) is 52.5 Å². The highest BCUT2D eigenvalue weighted by molar-refractivity contribution is 5.88. The summed E-state index contributed by atoms with van der Waals surface area (Å²) in [6.07, 6.45) is 28.5. The summed E-state index contributed by atoms with van der Waals surface area (Å²) in [5, 5.41) is 7.35. The van der Waals surface area contributed by atoms with Crippen LogP contribution in [0.15, 0.2) is 0 Å². The number of amides is 7. The Kier molecular flexibility index (Phi) is 45.5. The number of unbranched alkanes of at least 4 members (excludes halogenated alkanes) is 25. The maximum absolute atomic E-state index is 16.1. The van der Waals surface area contributed by atoms with Gasteiger partial charge in [0.15, 0.2) is 6.54 Å². The molecule has 0 aromatic heterocycles. The molecule has 0 saturated heterocycles. The van der Waals surface area contributed by atoms with Crippen LogP contribution in [0.4, 0.5) is 28.8 Å². The number of nitrogens with one attached hydrogen (secondary N) is 1. The molecule has 0 aliphatic carbocycles. The summed E-state index contributed by atoms with van der Waals surface area (Å²) in [5.41, 5.74) is -1.33. The van der Waals surface area contributed by atoms with Gasteiger partial charge in [0.2, 0.25) is 12.6 Å². The summed E-state index contributed by atoms with van der Waals surface area (Å²) in [7, 11) is 0. The lowest BCUT2D eigenvalue weighted by Gasteiger charge is -2.50. The number of nitrogens with zero attached hydrogens (tertiary/aromatic N) is 6. The van der Waals surface area contributed by atoms with Crippen LogP contribution >= 0.6 is 0 Å². The zero-order valence-electron chi connectivity index (χ0n) is 67.1. The third-order valence-corrected chi connectivity index (χ3v) is 16.4. The highest BCUT2D eigenvalue weighted by atomic mass is 16.7. The van der Waals surface area contributed by atoms with Gasteiger partial charge in [0, 0.05) is 56.5 Å². The van der Waals surface area contributed by atoms with Crippen molar-refractivity contribution in [1.82, 2.24) is 25.2 Å². The predicted molar refractivity (Wildman–Crippen MR) is 395 cm³/mol. The molecule has 7 amide bonds. The van der Waals surface area contributed by atoms with E-state index in [-0.39, 0.29) is 50.8 Å². The van der Waals surface area contributed by atoms with Crippen LogP contribution in [-0.2, 0) is 33.2 Å². The van der Waals surface area contributed by atoms with Crippen LogP contribution < -0.4 is 11.1 Å². The molecule has 0 fully saturated rings. The minimum atomic E-state index is -1.54. The number of nitrogens with two attached hydrogens (primary N) is 1. The Morgan fingerprint density at radius 1 is 0.388 bits per heavy atom. The van der Waals surface area contributed by atoms with Gasteiger partial charge in [-0.05, 0) is 181 Å². The molecule has 3 unspecified atom stereocenters. The fourth-order valence-electron chi connectivity index (χ4n) is 11.7. The molecular formula is C77H152N8O13+2. The van der Waals surface area contributed by atoms with Gasteiger partial charge in [-0.2, -0.15) is 9.59 Å². The smallest absolute Gasteiger partial charge is 0.444 e. The van der Waals surface area contributed by atoms with E-state index in [0.717, 1.165) is 64.3 Å². The van der Waals surface area contributed by atoms with E-state index in [1.54, 1.807) is 116 Å². The molecule has 21 nitrogen and oxygen atoms in total. The van der Waals surface area contributed by atoms with E-state index in [9.17, 15) is 9.59 Å². The molecule has 0 spiro atoms. The Balaban J connectivity index is 6.65. The normalized spacial score (nSPS) is 14.0. The van der Waals surface area contributed by atoms with Crippen molar-refractivity contribution in [3.63, 3.8) is 0 Å². The number of ether oxygens (including phenoxy) is 6. The Labute approximate surface area is 598 Å². The number of imide groups is 1.